The van der Waals surface area contributed by atoms with Crippen molar-refractivity contribution in [3.63, 3.8) is 0 Å². The first-order valence-electron chi connectivity index (χ1n) is 2.65. The van der Waals surface area contributed by atoms with Crippen molar-refractivity contribution in [2.24, 2.45) is 0 Å². The van der Waals surface area contributed by atoms with Gasteiger partial charge in [0.1, 0.15) is 16.6 Å². The van der Waals surface area contributed by atoms with E-state index in [4.69, 9.17) is 33.2 Å². The van der Waals surface area contributed by atoms with Gasteiger partial charge in [-0.1, -0.05) is 23.2 Å². The van der Waals surface area contributed by atoms with Crippen molar-refractivity contribution < 1.29 is 10.0 Å². The van der Waals surface area contributed by atoms with Crippen LogP contribution < -0.4 is 5.46 Å². The Kier molecular flexibility index (Phi) is 2.67. The summed E-state index contributed by atoms with van der Waals surface area (Å²) in [5.74, 6) is 0. The maximum absolute atomic E-state index is 8.69. The molecule has 0 saturated carbocycles. The van der Waals surface area contributed by atoms with Gasteiger partial charge in [0, 0.05) is 0 Å². The quantitative estimate of drug-likeness (QED) is 0.464. The van der Waals surface area contributed by atoms with Gasteiger partial charge in [0.05, 0.1) is 5.46 Å². The average Bonchev–Trinajstić information content (AvgIpc) is 1.85. The fourth-order valence-corrected chi connectivity index (χ4v) is 1.08. The molecule has 0 aliphatic heterocycles. The summed E-state index contributed by atoms with van der Waals surface area (Å²) in [5, 5.41) is 17.3. The van der Waals surface area contributed by atoms with Crippen LogP contribution in [0, 0.1) is 0 Å². The Morgan fingerprint density at radius 2 is 1.64 bits per heavy atom. The Labute approximate surface area is 73.0 Å². The molecular weight excluding hydrogens is 190 g/mol. The van der Waals surface area contributed by atoms with Gasteiger partial charge >= 0.3 is 7.12 Å². The monoisotopic (exact) mass is 192 g/mol. The standard InChI is InChI=1S/C4H3BCl2N2O2/c6-3-2(5(10)11)4(7)9-1-8-3/h1,10-11H. The normalized spacial score (nSPS) is 9.82. The van der Waals surface area contributed by atoms with Gasteiger partial charge in [0.2, 0.25) is 0 Å². The molecule has 0 bridgehead atoms. The molecule has 0 fully saturated rings. The summed E-state index contributed by atoms with van der Waals surface area (Å²) in [7, 11) is -1.74. The molecule has 0 aromatic carbocycles. The van der Waals surface area contributed by atoms with E-state index in [2.05, 4.69) is 9.97 Å². The molecule has 2 N–H and O–H groups in total. The van der Waals surface area contributed by atoms with E-state index in [0.717, 1.165) is 6.33 Å². The molecule has 11 heavy (non-hydrogen) atoms. The van der Waals surface area contributed by atoms with E-state index >= 15 is 0 Å². The molecule has 1 rings (SSSR count). The second kappa shape index (κ2) is 3.36. The average molecular weight is 193 g/mol. The molecule has 0 aliphatic carbocycles. The van der Waals surface area contributed by atoms with Crippen LogP contribution in [0.15, 0.2) is 6.33 Å². The summed E-state index contributed by atoms with van der Waals surface area (Å²) in [6.45, 7) is 0. The van der Waals surface area contributed by atoms with Crippen molar-refractivity contribution in [2.75, 3.05) is 0 Å². The lowest BCUT2D eigenvalue weighted by atomic mass is 9.83. The van der Waals surface area contributed by atoms with Crippen LogP contribution in [0.25, 0.3) is 0 Å². The van der Waals surface area contributed by atoms with E-state index in [-0.39, 0.29) is 15.8 Å². The molecule has 0 saturated heterocycles. The van der Waals surface area contributed by atoms with Gasteiger partial charge in [-0.25, -0.2) is 9.97 Å². The van der Waals surface area contributed by atoms with Crippen LogP contribution in [0.2, 0.25) is 10.3 Å². The highest BCUT2D eigenvalue weighted by atomic mass is 35.5. The molecule has 0 unspecified atom stereocenters. The highest BCUT2D eigenvalue weighted by Gasteiger charge is 2.20. The van der Waals surface area contributed by atoms with Gasteiger partial charge in [-0.2, -0.15) is 0 Å². The predicted octanol–water partition coefficient (Wildman–Crippen LogP) is -0.537. The van der Waals surface area contributed by atoms with Gasteiger partial charge in [-0.05, 0) is 0 Å². The Bertz CT molecular complexity index is 250. The number of aromatic nitrogens is 2. The van der Waals surface area contributed by atoms with E-state index in [1.807, 2.05) is 0 Å². The fraction of sp³-hybridized carbons (Fsp3) is 0. The Balaban J connectivity index is 3.21. The summed E-state index contributed by atoms with van der Waals surface area (Å²) >= 11 is 10.9. The van der Waals surface area contributed by atoms with E-state index in [1.54, 1.807) is 0 Å². The lowest BCUT2D eigenvalue weighted by molar-refractivity contribution is 0.425. The second-order valence-corrected chi connectivity index (χ2v) is 2.46. The van der Waals surface area contributed by atoms with Gasteiger partial charge in [0.15, 0.2) is 0 Å². The second-order valence-electron chi connectivity index (χ2n) is 1.74. The minimum absolute atomic E-state index is 0.0556. The zero-order valence-electron chi connectivity index (χ0n) is 5.20. The lowest BCUT2D eigenvalue weighted by Crippen LogP contribution is -2.33. The molecule has 0 radical (unpaired) electrons. The van der Waals surface area contributed by atoms with Gasteiger partial charge in [-0.3, -0.25) is 0 Å². The van der Waals surface area contributed by atoms with Crippen molar-refractivity contribution in [3.8, 4) is 0 Å². The van der Waals surface area contributed by atoms with Crippen LogP contribution in [-0.4, -0.2) is 27.1 Å². The van der Waals surface area contributed by atoms with E-state index < -0.39 is 7.12 Å². The fourth-order valence-electron chi connectivity index (χ4n) is 0.568. The minimum atomic E-state index is -1.74. The van der Waals surface area contributed by atoms with E-state index in [1.165, 1.54) is 0 Å². The largest absolute Gasteiger partial charge is 0.494 e. The number of hydrogen-bond acceptors (Lipinski definition) is 4. The minimum Gasteiger partial charge on any atom is -0.423 e. The first-order chi connectivity index (χ1) is 5.13. The molecule has 1 heterocycles. The first kappa shape index (κ1) is 8.74. The first-order valence-corrected chi connectivity index (χ1v) is 3.40. The Hall–Kier alpha value is -0.355. The third-order valence-corrected chi connectivity index (χ3v) is 1.65. The van der Waals surface area contributed by atoms with Crippen LogP contribution >= 0.6 is 23.2 Å². The van der Waals surface area contributed by atoms with Crippen LogP contribution in [0.1, 0.15) is 0 Å². The van der Waals surface area contributed by atoms with Crippen LogP contribution in [0.5, 0.6) is 0 Å². The molecule has 1 aromatic rings. The van der Waals surface area contributed by atoms with Gasteiger partial charge in [0.25, 0.3) is 0 Å². The molecule has 0 atom stereocenters. The van der Waals surface area contributed by atoms with E-state index in [0.29, 0.717) is 0 Å². The maximum Gasteiger partial charge on any atom is 0.494 e. The van der Waals surface area contributed by atoms with Crippen molar-refractivity contribution >= 4 is 35.8 Å². The summed E-state index contributed by atoms with van der Waals surface area (Å²) < 4.78 is 0. The molecule has 1 aromatic heterocycles. The number of halogens is 2. The van der Waals surface area contributed by atoms with Crippen molar-refractivity contribution in [1.29, 1.82) is 0 Å². The predicted molar refractivity (Wildman–Crippen MR) is 41.9 cm³/mol. The third kappa shape index (κ3) is 1.81. The molecule has 58 valence electrons. The Morgan fingerprint density at radius 3 is 1.91 bits per heavy atom. The van der Waals surface area contributed by atoms with Crippen molar-refractivity contribution in [3.05, 3.63) is 16.6 Å². The number of rotatable bonds is 1. The molecule has 0 spiro atoms. The van der Waals surface area contributed by atoms with Crippen LogP contribution in [-0.2, 0) is 0 Å². The van der Waals surface area contributed by atoms with Crippen LogP contribution in [0.4, 0.5) is 0 Å². The summed E-state index contributed by atoms with van der Waals surface area (Å²) in [6, 6.07) is 0. The van der Waals surface area contributed by atoms with E-state index in [9.17, 15) is 0 Å². The number of hydrogen-bond donors (Lipinski definition) is 2. The van der Waals surface area contributed by atoms with Crippen LogP contribution in [0.3, 0.4) is 0 Å². The van der Waals surface area contributed by atoms with Gasteiger partial charge < -0.3 is 10.0 Å². The molecular formula is C4H3BCl2N2O2. The molecule has 7 heteroatoms. The third-order valence-electron chi connectivity index (χ3n) is 1.04. The maximum atomic E-state index is 8.69. The Morgan fingerprint density at radius 1 is 1.18 bits per heavy atom. The van der Waals surface area contributed by atoms with Crippen molar-refractivity contribution in [1.82, 2.24) is 9.97 Å². The smallest absolute Gasteiger partial charge is 0.423 e. The summed E-state index contributed by atoms with van der Waals surface area (Å²) in [5.41, 5.74) is -0.0733. The number of nitrogens with zero attached hydrogens (tertiary/aromatic N) is 2. The summed E-state index contributed by atoms with van der Waals surface area (Å²) in [4.78, 5) is 7.02. The lowest BCUT2D eigenvalue weighted by Gasteiger charge is -2.01. The topological polar surface area (TPSA) is 66.2 Å². The molecule has 0 amide bonds. The SMILES string of the molecule is OB(O)c1c(Cl)ncnc1Cl. The molecule has 4 nitrogen and oxygen atoms in total. The highest BCUT2D eigenvalue weighted by Crippen LogP contribution is 2.06. The molecule has 0 aliphatic rings. The summed E-state index contributed by atoms with van der Waals surface area (Å²) in [6.07, 6.45) is 1.14. The van der Waals surface area contributed by atoms with Crippen molar-refractivity contribution in [2.45, 2.75) is 0 Å². The van der Waals surface area contributed by atoms with Gasteiger partial charge in [-0.15, -0.1) is 0 Å². The zero-order valence-corrected chi connectivity index (χ0v) is 6.71. The zero-order chi connectivity index (χ0) is 8.43. The highest BCUT2D eigenvalue weighted by molar-refractivity contribution is 6.65.